The first-order valence-electron chi connectivity index (χ1n) is 11.8. The van der Waals surface area contributed by atoms with Gasteiger partial charge in [0.05, 0.1) is 28.4 Å². The Balaban J connectivity index is 1.47. The van der Waals surface area contributed by atoms with Gasteiger partial charge in [0.15, 0.2) is 5.11 Å². The highest BCUT2D eigenvalue weighted by atomic mass is 32.1. The smallest absolute Gasteiger partial charge is 0.271 e. The van der Waals surface area contributed by atoms with Crippen LogP contribution in [0.15, 0.2) is 97.3 Å². The maximum absolute atomic E-state index is 12.7. The van der Waals surface area contributed by atoms with E-state index in [1.165, 1.54) is 12.1 Å². The number of hydrogen-bond donors (Lipinski definition) is 2. The number of benzene rings is 2. The number of anilines is 1. The van der Waals surface area contributed by atoms with Crippen molar-refractivity contribution in [3.8, 4) is 5.69 Å². The van der Waals surface area contributed by atoms with Crippen LogP contribution < -0.4 is 10.6 Å². The third-order valence-electron chi connectivity index (χ3n) is 6.24. The number of para-hydroxylation sites is 1. The molecule has 1 aliphatic rings. The summed E-state index contributed by atoms with van der Waals surface area (Å²) in [4.78, 5) is 30.3. The van der Waals surface area contributed by atoms with E-state index in [4.69, 9.17) is 12.2 Å². The summed E-state index contributed by atoms with van der Waals surface area (Å²) >= 11 is 5.72. The average molecular weight is 513 g/mol. The summed E-state index contributed by atoms with van der Waals surface area (Å²) in [6.45, 7) is 0.374. The minimum absolute atomic E-state index is 0.00735. The fourth-order valence-corrected chi connectivity index (χ4v) is 4.89. The summed E-state index contributed by atoms with van der Waals surface area (Å²) in [5, 5.41) is 18.2. The van der Waals surface area contributed by atoms with E-state index in [0.717, 1.165) is 17.1 Å². The second-order valence-electron chi connectivity index (χ2n) is 8.56. The lowest BCUT2D eigenvalue weighted by molar-refractivity contribution is -0.384. The molecule has 1 aliphatic heterocycles. The van der Waals surface area contributed by atoms with Crippen LogP contribution in [-0.2, 0) is 4.79 Å². The van der Waals surface area contributed by atoms with E-state index in [1.54, 1.807) is 12.3 Å². The Morgan fingerprint density at radius 2 is 1.86 bits per heavy atom. The molecule has 4 aromatic rings. The van der Waals surface area contributed by atoms with Gasteiger partial charge in [0.25, 0.3) is 5.69 Å². The molecule has 5 rings (SSSR count). The second-order valence-corrected chi connectivity index (χ2v) is 8.95. The van der Waals surface area contributed by atoms with Crippen LogP contribution in [0.4, 0.5) is 11.4 Å². The molecule has 0 aliphatic carbocycles. The summed E-state index contributed by atoms with van der Waals surface area (Å²) in [6, 6.07) is 24.8. The molecule has 1 amide bonds. The zero-order valence-corrected chi connectivity index (χ0v) is 20.5. The Hall–Kier alpha value is -4.57. The predicted molar refractivity (Wildman–Crippen MR) is 144 cm³/mol. The van der Waals surface area contributed by atoms with Gasteiger partial charge >= 0.3 is 0 Å². The van der Waals surface area contributed by atoms with Crippen LogP contribution in [0.25, 0.3) is 5.69 Å². The third-order valence-corrected chi connectivity index (χ3v) is 6.59. The Morgan fingerprint density at radius 1 is 1.05 bits per heavy atom. The van der Waals surface area contributed by atoms with Gasteiger partial charge in [-0.1, -0.05) is 30.3 Å². The molecule has 3 heterocycles. The molecule has 2 N–H and O–H groups in total. The van der Waals surface area contributed by atoms with E-state index in [2.05, 4.69) is 15.6 Å². The van der Waals surface area contributed by atoms with Crippen molar-refractivity contribution in [1.82, 2.24) is 19.8 Å². The van der Waals surface area contributed by atoms with Crippen LogP contribution in [0, 0.1) is 10.1 Å². The molecule has 9 nitrogen and oxygen atoms in total. The fraction of sp³-hybridized carbons (Fsp3) is 0.148. The number of nitro groups is 1. The van der Waals surface area contributed by atoms with Crippen molar-refractivity contribution in [2.45, 2.75) is 18.5 Å². The van der Waals surface area contributed by atoms with Crippen molar-refractivity contribution in [3.05, 3.63) is 119 Å². The van der Waals surface area contributed by atoms with E-state index in [1.807, 2.05) is 82.4 Å². The van der Waals surface area contributed by atoms with Crippen LogP contribution >= 0.6 is 12.2 Å². The van der Waals surface area contributed by atoms with Crippen LogP contribution in [0.5, 0.6) is 0 Å². The Morgan fingerprint density at radius 3 is 2.62 bits per heavy atom. The summed E-state index contributed by atoms with van der Waals surface area (Å²) in [5.41, 5.74) is 3.07. The number of nitrogens with one attached hydrogen (secondary N) is 2. The lowest BCUT2D eigenvalue weighted by Gasteiger charge is -2.28. The lowest BCUT2D eigenvalue weighted by atomic mass is 10.0. The number of carbonyl (C=O) groups is 1. The first-order valence-corrected chi connectivity index (χ1v) is 12.2. The number of hydrogen-bond acceptors (Lipinski definition) is 5. The van der Waals surface area contributed by atoms with Crippen molar-refractivity contribution >= 4 is 34.6 Å². The number of amides is 1. The minimum Gasteiger partial charge on any atom is -0.352 e. The topological polar surface area (TPSA) is 105 Å². The quantitative estimate of drug-likeness (QED) is 0.199. The molecule has 2 aromatic carbocycles. The highest BCUT2D eigenvalue weighted by Crippen LogP contribution is 2.39. The van der Waals surface area contributed by atoms with Gasteiger partial charge in [-0.2, -0.15) is 0 Å². The number of nitro benzene ring substituents is 1. The van der Waals surface area contributed by atoms with E-state index in [9.17, 15) is 14.9 Å². The molecule has 0 bridgehead atoms. The maximum atomic E-state index is 12.7. The van der Waals surface area contributed by atoms with E-state index in [0.29, 0.717) is 17.3 Å². The molecular weight excluding hydrogens is 488 g/mol. The van der Waals surface area contributed by atoms with Crippen molar-refractivity contribution in [3.63, 3.8) is 0 Å². The van der Waals surface area contributed by atoms with Crippen LogP contribution in [0.2, 0.25) is 0 Å². The zero-order chi connectivity index (χ0) is 25.8. The monoisotopic (exact) mass is 512 g/mol. The normalized spacial score (nSPS) is 16.9. The molecule has 1 saturated heterocycles. The summed E-state index contributed by atoms with van der Waals surface area (Å²) in [6.07, 6.45) is 3.82. The molecule has 2 aromatic heterocycles. The number of rotatable bonds is 8. The first kappa shape index (κ1) is 24.1. The van der Waals surface area contributed by atoms with Gasteiger partial charge in [-0.3, -0.25) is 19.9 Å². The molecule has 0 spiro atoms. The Kier molecular flexibility index (Phi) is 6.91. The van der Waals surface area contributed by atoms with E-state index >= 15 is 0 Å². The second kappa shape index (κ2) is 10.6. The Bertz CT molecular complexity index is 1430. The van der Waals surface area contributed by atoms with Gasteiger partial charge in [-0.15, -0.1) is 0 Å². The summed E-state index contributed by atoms with van der Waals surface area (Å²) in [7, 11) is 0. The number of non-ortho nitro benzene ring substituents is 1. The minimum atomic E-state index is -0.409. The standard InChI is InChI=1S/C27H24N6O3S/c34-24(29-19-8-2-1-3-9-19)14-17-32-26(25(30-27(32)37)22-12-4-5-15-28-22)23-13-7-16-31(23)20-10-6-11-21(18-20)33(35)36/h1-13,15-16,18,25-26H,14,17H2,(H,29,34)(H,30,37)/t25-,26+/m1/s1. The number of thiocarbonyl (C=S) groups is 1. The van der Waals surface area contributed by atoms with Gasteiger partial charge in [0, 0.05) is 48.9 Å². The van der Waals surface area contributed by atoms with Gasteiger partial charge in [-0.05, 0) is 54.7 Å². The largest absolute Gasteiger partial charge is 0.352 e. The zero-order valence-electron chi connectivity index (χ0n) is 19.7. The van der Waals surface area contributed by atoms with Gasteiger partial charge in [0.2, 0.25) is 5.91 Å². The highest BCUT2D eigenvalue weighted by Gasteiger charge is 2.41. The molecule has 0 unspecified atom stereocenters. The summed E-state index contributed by atoms with van der Waals surface area (Å²) in [5.74, 6) is -0.122. The molecule has 1 fully saturated rings. The van der Waals surface area contributed by atoms with Crippen molar-refractivity contribution in [2.75, 3.05) is 11.9 Å². The summed E-state index contributed by atoms with van der Waals surface area (Å²) < 4.78 is 1.92. The molecule has 10 heteroatoms. The molecule has 37 heavy (non-hydrogen) atoms. The molecule has 0 radical (unpaired) electrons. The highest BCUT2D eigenvalue weighted by molar-refractivity contribution is 7.80. The number of aromatic nitrogens is 2. The van der Waals surface area contributed by atoms with Crippen molar-refractivity contribution < 1.29 is 9.72 Å². The van der Waals surface area contributed by atoms with Crippen LogP contribution in [0.3, 0.4) is 0 Å². The van der Waals surface area contributed by atoms with E-state index < -0.39 is 4.92 Å². The first-order chi connectivity index (χ1) is 18.0. The lowest BCUT2D eigenvalue weighted by Crippen LogP contribution is -2.33. The average Bonchev–Trinajstić information content (AvgIpc) is 3.53. The van der Waals surface area contributed by atoms with Gasteiger partial charge in [0.1, 0.15) is 0 Å². The molecule has 0 saturated carbocycles. The number of nitrogens with zero attached hydrogens (tertiary/aromatic N) is 4. The molecule has 2 atom stereocenters. The molecular formula is C27H24N6O3S. The number of pyridine rings is 1. The number of carbonyl (C=O) groups excluding carboxylic acids is 1. The van der Waals surface area contributed by atoms with E-state index in [-0.39, 0.29) is 30.1 Å². The van der Waals surface area contributed by atoms with Gasteiger partial charge < -0.3 is 20.1 Å². The van der Waals surface area contributed by atoms with Crippen molar-refractivity contribution in [2.24, 2.45) is 0 Å². The van der Waals surface area contributed by atoms with Gasteiger partial charge in [-0.25, -0.2) is 0 Å². The Labute approximate surface area is 218 Å². The SMILES string of the molecule is O=C(CCN1C(=S)N[C@H](c2ccccn2)[C@@H]1c1cccn1-c1cccc([N+](=O)[O-])c1)Nc1ccccc1. The van der Waals surface area contributed by atoms with Crippen molar-refractivity contribution in [1.29, 1.82) is 0 Å². The van der Waals surface area contributed by atoms with Crippen LogP contribution in [0.1, 0.15) is 29.9 Å². The fourth-order valence-electron chi connectivity index (χ4n) is 4.56. The van der Waals surface area contributed by atoms with Crippen LogP contribution in [-0.4, -0.2) is 36.9 Å². The maximum Gasteiger partial charge on any atom is 0.271 e. The predicted octanol–water partition coefficient (Wildman–Crippen LogP) is 4.78. The third kappa shape index (κ3) is 5.19. The molecule has 186 valence electrons.